The van der Waals surface area contributed by atoms with Crippen LogP contribution in [0.25, 0.3) is 0 Å². The van der Waals surface area contributed by atoms with Gasteiger partial charge in [-0.2, -0.15) is 0 Å². The number of carbonyl (C=O) groups excluding carboxylic acids is 2. The Morgan fingerprint density at radius 1 is 1.15 bits per heavy atom. The molecule has 10 heteroatoms. The first kappa shape index (κ1) is 27.6. The Bertz CT molecular complexity index is 1110. The van der Waals surface area contributed by atoms with E-state index >= 15 is 0 Å². The summed E-state index contributed by atoms with van der Waals surface area (Å²) in [5, 5.41) is 3.12. The van der Waals surface area contributed by atoms with Gasteiger partial charge in [0.15, 0.2) is 0 Å². The maximum atomic E-state index is 13.3. The molecule has 0 spiro atoms. The predicted octanol–water partition coefficient (Wildman–Crippen LogP) is 3.89. The number of rotatable bonds is 11. The largest absolute Gasteiger partial charge is 0.355 e. The van der Waals surface area contributed by atoms with Gasteiger partial charge in [-0.15, -0.1) is 0 Å². The van der Waals surface area contributed by atoms with Crippen molar-refractivity contribution in [2.24, 2.45) is 0 Å². The van der Waals surface area contributed by atoms with E-state index in [2.05, 4.69) is 5.32 Å². The van der Waals surface area contributed by atoms with Crippen LogP contribution in [0.15, 0.2) is 42.5 Å². The first-order valence-corrected chi connectivity index (χ1v) is 13.2. The van der Waals surface area contributed by atoms with E-state index in [1.54, 1.807) is 51.1 Å². The second kappa shape index (κ2) is 12.2. The lowest BCUT2D eigenvalue weighted by Gasteiger charge is -2.29. The number of nitrogens with zero attached hydrogens (tertiary/aromatic N) is 2. The summed E-state index contributed by atoms with van der Waals surface area (Å²) >= 11 is 6.07. The fourth-order valence-corrected chi connectivity index (χ4v) is 4.71. The Morgan fingerprint density at radius 3 is 2.38 bits per heavy atom. The number of anilines is 1. The van der Waals surface area contributed by atoms with E-state index in [4.69, 9.17) is 11.6 Å². The molecule has 1 N–H and O–H groups in total. The number of hydrogen-bond donors (Lipinski definition) is 1. The van der Waals surface area contributed by atoms with Gasteiger partial charge in [-0.1, -0.05) is 29.8 Å². The van der Waals surface area contributed by atoms with Crippen molar-refractivity contribution < 1.29 is 22.4 Å². The Balaban J connectivity index is 2.18. The molecule has 0 heterocycles. The zero-order chi connectivity index (χ0) is 25.5. The van der Waals surface area contributed by atoms with Crippen LogP contribution in [0, 0.1) is 12.7 Å². The highest BCUT2D eigenvalue weighted by molar-refractivity contribution is 7.92. The van der Waals surface area contributed by atoms with Crippen LogP contribution in [0.4, 0.5) is 10.1 Å². The molecule has 0 fully saturated rings. The van der Waals surface area contributed by atoms with Crippen molar-refractivity contribution in [1.82, 2.24) is 10.2 Å². The van der Waals surface area contributed by atoms with Crippen LogP contribution >= 0.6 is 11.6 Å². The van der Waals surface area contributed by atoms with Crippen molar-refractivity contribution in [2.75, 3.05) is 23.7 Å². The third-order valence-electron chi connectivity index (χ3n) is 5.38. The molecule has 2 aromatic carbocycles. The van der Waals surface area contributed by atoms with Crippen molar-refractivity contribution >= 4 is 39.1 Å². The number of likely N-dealkylation sites (N-methyl/N-ethyl adjacent to an activating group) is 1. The third-order valence-corrected chi connectivity index (χ3v) is 6.79. The first-order chi connectivity index (χ1) is 15.9. The molecule has 7 nitrogen and oxygen atoms in total. The number of sulfonamides is 1. The Hall–Kier alpha value is -2.65. The standard InChI is InChI=1S/C24H31ClFN3O4S/c1-5-27-24(31)18(3)28(16-19-9-12-21(26)13-10-19)23(30)7-6-14-29(34(4,32)33)22-15-20(25)11-8-17(22)2/h8-13,15,18H,5-7,14,16H2,1-4H3,(H,27,31)/t18-/m1/s1. The molecular formula is C24H31ClFN3O4S. The van der Waals surface area contributed by atoms with Crippen LogP contribution in [0.3, 0.4) is 0 Å². The van der Waals surface area contributed by atoms with Gasteiger partial charge in [0, 0.05) is 31.1 Å². The van der Waals surface area contributed by atoms with Crippen LogP contribution in [0.5, 0.6) is 0 Å². The summed E-state index contributed by atoms with van der Waals surface area (Å²) in [7, 11) is -3.61. The van der Waals surface area contributed by atoms with Crippen LogP contribution in [-0.4, -0.2) is 50.5 Å². The summed E-state index contributed by atoms with van der Waals surface area (Å²) in [5.74, 6) is -1.000. The zero-order valence-electron chi connectivity index (χ0n) is 19.8. The smallest absolute Gasteiger partial charge is 0.242 e. The molecule has 0 radical (unpaired) electrons. The number of carbonyl (C=O) groups is 2. The molecule has 2 amide bonds. The number of aryl methyl sites for hydroxylation is 1. The molecular weight excluding hydrogens is 481 g/mol. The summed E-state index contributed by atoms with van der Waals surface area (Å²) in [6, 6.07) is 9.97. The van der Waals surface area contributed by atoms with Gasteiger partial charge in [0.1, 0.15) is 11.9 Å². The maximum absolute atomic E-state index is 13.3. The normalized spacial score (nSPS) is 12.2. The van der Waals surface area contributed by atoms with Gasteiger partial charge in [0.05, 0.1) is 11.9 Å². The summed E-state index contributed by atoms with van der Waals surface area (Å²) in [5.41, 5.74) is 1.88. The quantitative estimate of drug-likeness (QED) is 0.496. The average molecular weight is 512 g/mol. The lowest BCUT2D eigenvalue weighted by atomic mass is 10.1. The van der Waals surface area contributed by atoms with E-state index in [9.17, 15) is 22.4 Å². The molecule has 0 bridgehead atoms. The molecule has 0 unspecified atom stereocenters. The van der Waals surface area contributed by atoms with Crippen LogP contribution < -0.4 is 9.62 Å². The molecule has 2 aromatic rings. The summed E-state index contributed by atoms with van der Waals surface area (Å²) in [4.78, 5) is 27.0. The van der Waals surface area contributed by atoms with Crippen LogP contribution in [0.2, 0.25) is 5.02 Å². The van der Waals surface area contributed by atoms with E-state index in [1.807, 2.05) is 0 Å². The summed E-state index contributed by atoms with van der Waals surface area (Å²) < 4.78 is 39.4. The number of halogens is 2. The minimum absolute atomic E-state index is 0.0244. The second-order valence-electron chi connectivity index (χ2n) is 8.09. The summed E-state index contributed by atoms with van der Waals surface area (Å²) in [6.45, 7) is 5.82. The van der Waals surface area contributed by atoms with Gasteiger partial charge in [-0.05, 0) is 62.6 Å². The molecule has 34 heavy (non-hydrogen) atoms. The minimum atomic E-state index is -3.61. The molecule has 0 aliphatic carbocycles. The van der Waals surface area contributed by atoms with Gasteiger partial charge < -0.3 is 10.2 Å². The van der Waals surface area contributed by atoms with Crippen LogP contribution in [0.1, 0.15) is 37.8 Å². The van der Waals surface area contributed by atoms with Gasteiger partial charge in [-0.3, -0.25) is 13.9 Å². The van der Waals surface area contributed by atoms with E-state index in [-0.39, 0.29) is 37.7 Å². The third kappa shape index (κ3) is 7.70. The van der Waals surface area contributed by atoms with Crippen molar-refractivity contribution in [3.05, 3.63) is 64.4 Å². The highest BCUT2D eigenvalue weighted by Gasteiger charge is 2.26. The highest BCUT2D eigenvalue weighted by atomic mass is 35.5. The molecule has 186 valence electrons. The van der Waals surface area contributed by atoms with E-state index in [0.29, 0.717) is 22.8 Å². The van der Waals surface area contributed by atoms with Crippen molar-refractivity contribution in [3.63, 3.8) is 0 Å². The lowest BCUT2D eigenvalue weighted by molar-refractivity contribution is -0.140. The SMILES string of the molecule is CCNC(=O)[C@@H](C)N(Cc1ccc(F)cc1)C(=O)CCCN(c1cc(Cl)ccc1C)S(C)(=O)=O. The fourth-order valence-electron chi connectivity index (χ4n) is 3.52. The molecule has 0 aliphatic rings. The number of amides is 2. The molecule has 1 atom stereocenters. The highest BCUT2D eigenvalue weighted by Crippen LogP contribution is 2.27. The Morgan fingerprint density at radius 2 is 1.79 bits per heavy atom. The molecule has 0 aliphatic heterocycles. The maximum Gasteiger partial charge on any atom is 0.242 e. The monoisotopic (exact) mass is 511 g/mol. The Kier molecular flexibility index (Phi) is 9.88. The Labute approximate surface area is 205 Å². The molecule has 0 saturated heterocycles. The van der Waals surface area contributed by atoms with Gasteiger partial charge in [-0.25, -0.2) is 12.8 Å². The second-order valence-corrected chi connectivity index (χ2v) is 10.4. The zero-order valence-corrected chi connectivity index (χ0v) is 21.4. The van der Waals surface area contributed by atoms with E-state index in [1.165, 1.54) is 21.3 Å². The molecule has 2 rings (SSSR count). The lowest BCUT2D eigenvalue weighted by Crippen LogP contribution is -2.47. The van der Waals surface area contributed by atoms with E-state index in [0.717, 1.165) is 11.8 Å². The van der Waals surface area contributed by atoms with Gasteiger partial charge >= 0.3 is 0 Å². The predicted molar refractivity (Wildman–Crippen MR) is 133 cm³/mol. The first-order valence-electron chi connectivity index (χ1n) is 11.0. The average Bonchev–Trinajstić information content (AvgIpc) is 2.77. The van der Waals surface area contributed by atoms with Gasteiger partial charge in [0.2, 0.25) is 21.8 Å². The minimum Gasteiger partial charge on any atom is -0.355 e. The summed E-state index contributed by atoms with van der Waals surface area (Å²) in [6.07, 6.45) is 1.36. The number of nitrogens with one attached hydrogen (secondary N) is 1. The van der Waals surface area contributed by atoms with E-state index < -0.39 is 21.9 Å². The van der Waals surface area contributed by atoms with Crippen molar-refractivity contribution in [3.8, 4) is 0 Å². The molecule has 0 saturated carbocycles. The topological polar surface area (TPSA) is 86.8 Å². The van der Waals surface area contributed by atoms with Crippen molar-refractivity contribution in [2.45, 2.75) is 46.2 Å². The molecule has 0 aromatic heterocycles. The van der Waals surface area contributed by atoms with Crippen LogP contribution in [-0.2, 0) is 26.2 Å². The van der Waals surface area contributed by atoms with Crippen molar-refractivity contribution in [1.29, 1.82) is 0 Å². The number of benzene rings is 2. The van der Waals surface area contributed by atoms with Gasteiger partial charge in [0.25, 0.3) is 0 Å². The fraction of sp³-hybridized carbons (Fsp3) is 0.417. The number of hydrogen-bond acceptors (Lipinski definition) is 4.